The number of aliphatic carboxylic acids is 1. The van der Waals surface area contributed by atoms with Gasteiger partial charge in [0, 0.05) is 53.8 Å². The van der Waals surface area contributed by atoms with Gasteiger partial charge in [-0.15, -0.1) is 22.7 Å². The molecule has 0 spiro atoms. The van der Waals surface area contributed by atoms with Gasteiger partial charge in [0.05, 0.1) is 15.8 Å². The highest BCUT2D eigenvalue weighted by atomic mass is 35.5. The first-order chi connectivity index (χ1) is 18.9. The number of hydrogen-bond acceptors (Lipinski definition) is 8. The number of thiazole rings is 2. The number of ether oxygens (including phenoxy) is 1. The summed E-state index contributed by atoms with van der Waals surface area (Å²) in [6.07, 6.45) is -1.14. The Balaban J connectivity index is 1.59. The number of aromatic nitrogens is 2. The van der Waals surface area contributed by atoms with Crippen LogP contribution in [0.5, 0.6) is 0 Å². The number of fused-ring (bicyclic) bond motifs is 1. The first-order valence-corrected chi connectivity index (χ1v) is 15.5. The van der Waals surface area contributed by atoms with Crippen LogP contribution in [0.25, 0.3) is 31.4 Å². The van der Waals surface area contributed by atoms with Crippen molar-refractivity contribution in [2.75, 3.05) is 31.1 Å². The van der Waals surface area contributed by atoms with Crippen molar-refractivity contribution in [1.82, 2.24) is 14.9 Å². The maximum Gasteiger partial charge on any atom is 0.337 e. The normalized spacial score (nSPS) is 15.8. The summed E-state index contributed by atoms with van der Waals surface area (Å²) < 4.78 is 7.03. The number of carboxylic acids is 1. The highest BCUT2D eigenvalue weighted by molar-refractivity contribution is 7.25. The summed E-state index contributed by atoms with van der Waals surface area (Å²) in [7, 11) is 0. The summed E-state index contributed by atoms with van der Waals surface area (Å²) in [4.78, 5) is 27.4. The van der Waals surface area contributed by atoms with Crippen molar-refractivity contribution >= 4 is 56.3 Å². The third-order valence-electron chi connectivity index (χ3n) is 7.06. The molecule has 1 aliphatic heterocycles. The van der Waals surface area contributed by atoms with E-state index in [2.05, 4.69) is 29.0 Å². The molecule has 0 aliphatic carbocycles. The van der Waals surface area contributed by atoms with Crippen LogP contribution >= 0.6 is 34.3 Å². The van der Waals surface area contributed by atoms with Crippen molar-refractivity contribution < 1.29 is 14.6 Å². The molecule has 4 aromatic rings. The van der Waals surface area contributed by atoms with E-state index < -0.39 is 17.7 Å². The number of benzene rings is 2. The van der Waals surface area contributed by atoms with Crippen molar-refractivity contribution in [2.24, 2.45) is 0 Å². The molecule has 0 unspecified atom stereocenters. The number of aryl methyl sites for hydroxylation is 1. The molecule has 1 atom stereocenters. The minimum atomic E-state index is -1.14. The van der Waals surface area contributed by atoms with Crippen molar-refractivity contribution in [1.29, 1.82) is 0 Å². The Labute approximate surface area is 248 Å². The average molecular weight is 599 g/mol. The molecule has 5 rings (SSSR count). The minimum Gasteiger partial charge on any atom is -0.479 e. The monoisotopic (exact) mass is 598 g/mol. The van der Waals surface area contributed by atoms with Gasteiger partial charge in [-0.1, -0.05) is 23.7 Å². The topological polar surface area (TPSA) is 78.8 Å². The number of carbonyl (C=O) groups is 1. The summed E-state index contributed by atoms with van der Waals surface area (Å²) in [6, 6.07) is 10.0. The van der Waals surface area contributed by atoms with Gasteiger partial charge in [0.1, 0.15) is 5.82 Å². The number of halogens is 1. The molecule has 3 heterocycles. The third kappa shape index (κ3) is 6.04. The average Bonchev–Trinajstić information content (AvgIpc) is 3.54. The smallest absolute Gasteiger partial charge is 0.337 e. The quantitative estimate of drug-likeness (QED) is 0.236. The maximum atomic E-state index is 12.6. The number of piperazine rings is 1. The molecule has 10 heteroatoms. The maximum absolute atomic E-state index is 12.6. The second-order valence-corrected chi connectivity index (χ2v) is 13.7. The van der Waals surface area contributed by atoms with Gasteiger partial charge in [-0.05, 0) is 70.9 Å². The van der Waals surface area contributed by atoms with Gasteiger partial charge in [0.2, 0.25) is 0 Å². The number of anilines is 1. The van der Waals surface area contributed by atoms with Crippen LogP contribution in [0.2, 0.25) is 5.02 Å². The Morgan fingerprint density at radius 2 is 1.75 bits per heavy atom. The highest BCUT2D eigenvalue weighted by Crippen LogP contribution is 2.45. The number of rotatable bonds is 7. The first kappa shape index (κ1) is 29.0. The molecule has 1 saturated heterocycles. The largest absolute Gasteiger partial charge is 0.479 e. The Morgan fingerprint density at radius 3 is 2.35 bits per heavy atom. The third-order valence-corrected chi connectivity index (χ3v) is 9.38. The molecular formula is C30H35ClN4O3S2. The number of nitrogens with zero attached hydrogens (tertiary/aromatic N) is 4. The van der Waals surface area contributed by atoms with Crippen LogP contribution in [0, 0.1) is 6.92 Å². The second-order valence-electron chi connectivity index (χ2n) is 11.4. The van der Waals surface area contributed by atoms with Gasteiger partial charge in [0.15, 0.2) is 16.1 Å². The summed E-state index contributed by atoms with van der Waals surface area (Å²) >= 11 is 9.35. The van der Waals surface area contributed by atoms with Crippen LogP contribution in [0.3, 0.4) is 0 Å². The number of carboxylic acid groups (broad SMARTS) is 1. The Hall–Kier alpha value is -2.56. The molecule has 1 fully saturated rings. The van der Waals surface area contributed by atoms with Crippen LogP contribution in [0.1, 0.15) is 51.8 Å². The van der Waals surface area contributed by atoms with Crippen LogP contribution in [0.4, 0.5) is 5.82 Å². The second kappa shape index (κ2) is 11.4. The van der Waals surface area contributed by atoms with Gasteiger partial charge in [0.25, 0.3) is 0 Å². The van der Waals surface area contributed by atoms with Crippen LogP contribution < -0.4 is 4.90 Å². The van der Waals surface area contributed by atoms with E-state index in [1.54, 1.807) is 11.3 Å². The lowest BCUT2D eigenvalue weighted by Crippen LogP contribution is -2.49. The van der Waals surface area contributed by atoms with Gasteiger partial charge >= 0.3 is 5.97 Å². The summed E-state index contributed by atoms with van der Waals surface area (Å²) in [5, 5.41) is 14.7. The summed E-state index contributed by atoms with van der Waals surface area (Å²) in [5.41, 5.74) is 3.29. The standard InChI is InChI=1S/C30H35ClN4O3S2/c1-17(2)34-11-13-35(14-12-34)22-16-39-27(33-22)28-32-21-15-18(3)23(25(29(36)37)38-30(4,5)6)24(26(21)40-28)19-7-9-20(31)10-8-19/h7-10,15-17,25H,11-14H2,1-6H3,(H,36,37)/t25-/m0/s1. The van der Waals surface area contributed by atoms with Crippen molar-refractivity contribution in [3.05, 3.63) is 51.9 Å². The fourth-order valence-corrected chi connectivity index (χ4v) is 7.22. The van der Waals surface area contributed by atoms with Gasteiger partial charge in [-0.3, -0.25) is 4.90 Å². The van der Waals surface area contributed by atoms with E-state index in [-0.39, 0.29) is 0 Å². The van der Waals surface area contributed by atoms with Crippen LogP contribution in [-0.4, -0.2) is 63.8 Å². The molecule has 212 valence electrons. The predicted molar refractivity (Wildman–Crippen MR) is 166 cm³/mol. The zero-order valence-corrected chi connectivity index (χ0v) is 26.1. The van der Waals surface area contributed by atoms with E-state index in [9.17, 15) is 9.90 Å². The molecule has 1 N–H and O–H groups in total. The van der Waals surface area contributed by atoms with Crippen molar-refractivity contribution in [3.8, 4) is 21.1 Å². The Morgan fingerprint density at radius 1 is 1.07 bits per heavy atom. The van der Waals surface area contributed by atoms with E-state index >= 15 is 0 Å². The molecule has 0 radical (unpaired) electrons. The Bertz CT molecular complexity index is 1520. The predicted octanol–water partition coefficient (Wildman–Crippen LogP) is 7.52. The molecule has 2 aromatic heterocycles. The molecule has 0 amide bonds. The zero-order valence-electron chi connectivity index (χ0n) is 23.7. The fourth-order valence-electron chi connectivity index (χ4n) is 5.11. The molecule has 1 aliphatic rings. The molecule has 0 bridgehead atoms. The lowest BCUT2D eigenvalue weighted by atomic mass is 9.91. The first-order valence-electron chi connectivity index (χ1n) is 13.5. The van der Waals surface area contributed by atoms with Crippen LogP contribution in [0.15, 0.2) is 35.7 Å². The molecule has 40 heavy (non-hydrogen) atoms. The fraction of sp³-hybridized carbons (Fsp3) is 0.433. The molecular weight excluding hydrogens is 564 g/mol. The van der Waals surface area contributed by atoms with Crippen LogP contribution in [-0.2, 0) is 9.53 Å². The van der Waals surface area contributed by atoms with E-state index in [4.69, 9.17) is 26.3 Å². The van der Waals surface area contributed by atoms with Crippen molar-refractivity contribution in [3.63, 3.8) is 0 Å². The number of hydrogen-bond donors (Lipinski definition) is 1. The summed E-state index contributed by atoms with van der Waals surface area (Å²) in [6.45, 7) is 16.0. The van der Waals surface area contributed by atoms with Gasteiger partial charge < -0.3 is 14.7 Å². The van der Waals surface area contributed by atoms with E-state index in [1.165, 1.54) is 11.3 Å². The zero-order chi connectivity index (χ0) is 28.8. The van der Waals surface area contributed by atoms with Gasteiger partial charge in [-0.25, -0.2) is 14.8 Å². The highest BCUT2D eigenvalue weighted by Gasteiger charge is 2.32. The summed E-state index contributed by atoms with van der Waals surface area (Å²) in [5.74, 6) is -0.0403. The van der Waals surface area contributed by atoms with Gasteiger partial charge in [-0.2, -0.15) is 0 Å². The molecule has 0 saturated carbocycles. The molecule has 2 aromatic carbocycles. The SMILES string of the molecule is Cc1cc2nc(-c3nc(N4CCN(C(C)C)CC4)cs3)sc2c(-c2ccc(Cl)cc2)c1[C@H](OC(C)(C)C)C(=O)O. The van der Waals surface area contributed by atoms with E-state index in [0.29, 0.717) is 16.6 Å². The lowest BCUT2D eigenvalue weighted by molar-refractivity contribution is -0.160. The lowest BCUT2D eigenvalue weighted by Gasteiger charge is -2.37. The molecule has 7 nitrogen and oxygen atoms in total. The van der Waals surface area contributed by atoms with Crippen molar-refractivity contribution in [2.45, 2.75) is 59.3 Å². The van der Waals surface area contributed by atoms with E-state index in [0.717, 1.165) is 68.9 Å². The Kier molecular flexibility index (Phi) is 8.23. The van der Waals surface area contributed by atoms with E-state index in [1.807, 2.05) is 58.0 Å². The minimum absolute atomic E-state index is 0.550.